The van der Waals surface area contributed by atoms with E-state index in [2.05, 4.69) is 4.98 Å². The van der Waals surface area contributed by atoms with E-state index in [0.717, 1.165) is 22.1 Å². The molecule has 0 saturated carbocycles. The van der Waals surface area contributed by atoms with Gasteiger partial charge in [0.1, 0.15) is 12.4 Å². The number of carbonyl (C=O) groups is 1. The van der Waals surface area contributed by atoms with Crippen LogP contribution in [-0.2, 0) is 16.1 Å². The molecule has 0 bridgehead atoms. The Balaban J connectivity index is 1.64. The lowest BCUT2D eigenvalue weighted by Crippen LogP contribution is -2.26. The standard InChI is InChI=1S/C19H19FN2O4S/c1-12(23)26-7-6-22-11-14-8-13(2-5-19(14)27(22,24)25)17-10-21-18-9-15(20)3-4-16(17)18/h2-5,8-10,21,24-25H,6-7,11H2,1H3. The number of ether oxygens (including phenoxy) is 1. The van der Waals surface area contributed by atoms with Gasteiger partial charge in [0.2, 0.25) is 0 Å². The van der Waals surface area contributed by atoms with Gasteiger partial charge in [0.25, 0.3) is 0 Å². The van der Waals surface area contributed by atoms with Gasteiger partial charge >= 0.3 is 5.97 Å². The zero-order chi connectivity index (χ0) is 19.2. The molecule has 1 aromatic heterocycles. The normalized spacial score (nSPS) is 17.0. The van der Waals surface area contributed by atoms with Gasteiger partial charge in [-0.05, 0) is 41.5 Å². The van der Waals surface area contributed by atoms with Crippen molar-refractivity contribution in [1.29, 1.82) is 0 Å². The second kappa shape index (κ2) is 6.65. The van der Waals surface area contributed by atoms with E-state index in [4.69, 9.17) is 4.74 Å². The van der Waals surface area contributed by atoms with Crippen molar-refractivity contribution in [2.75, 3.05) is 13.2 Å². The van der Waals surface area contributed by atoms with Crippen LogP contribution < -0.4 is 0 Å². The number of carbonyl (C=O) groups excluding carboxylic acids is 1. The van der Waals surface area contributed by atoms with Crippen molar-refractivity contribution in [3.8, 4) is 11.1 Å². The summed E-state index contributed by atoms with van der Waals surface area (Å²) in [7, 11) is -3.09. The molecule has 0 aliphatic carbocycles. The van der Waals surface area contributed by atoms with E-state index >= 15 is 0 Å². The summed E-state index contributed by atoms with van der Waals surface area (Å²) in [4.78, 5) is 14.5. The molecule has 142 valence electrons. The molecule has 27 heavy (non-hydrogen) atoms. The lowest BCUT2D eigenvalue weighted by atomic mass is 10.0. The van der Waals surface area contributed by atoms with Crippen LogP contribution in [0.3, 0.4) is 0 Å². The van der Waals surface area contributed by atoms with Gasteiger partial charge in [0.05, 0.1) is 11.4 Å². The van der Waals surface area contributed by atoms with Crippen LogP contribution in [0.25, 0.3) is 22.0 Å². The third kappa shape index (κ3) is 3.21. The van der Waals surface area contributed by atoms with Gasteiger partial charge in [0.15, 0.2) is 0 Å². The number of halogens is 1. The van der Waals surface area contributed by atoms with Gasteiger partial charge in [-0.3, -0.25) is 13.9 Å². The van der Waals surface area contributed by atoms with E-state index in [1.54, 1.807) is 12.1 Å². The number of H-pyrrole nitrogens is 1. The first-order chi connectivity index (χ1) is 12.9. The largest absolute Gasteiger partial charge is 0.464 e. The number of esters is 1. The molecule has 0 spiro atoms. The van der Waals surface area contributed by atoms with Crippen LogP contribution in [0.2, 0.25) is 0 Å². The summed E-state index contributed by atoms with van der Waals surface area (Å²) in [6, 6.07) is 10.0. The third-order valence-corrected chi connectivity index (χ3v) is 6.68. The maximum atomic E-state index is 13.4. The molecular formula is C19H19FN2O4S. The zero-order valence-corrected chi connectivity index (χ0v) is 15.4. The Bertz CT molecular complexity index is 1030. The molecule has 6 nitrogen and oxygen atoms in total. The van der Waals surface area contributed by atoms with E-state index in [1.807, 2.05) is 18.3 Å². The summed E-state index contributed by atoms with van der Waals surface area (Å²) in [5.74, 6) is -0.705. The highest BCUT2D eigenvalue weighted by atomic mass is 32.3. The molecule has 4 rings (SSSR count). The van der Waals surface area contributed by atoms with Crippen LogP contribution >= 0.6 is 10.8 Å². The smallest absolute Gasteiger partial charge is 0.302 e. The predicted molar refractivity (Wildman–Crippen MR) is 102 cm³/mol. The average molecular weight is 390 g/mol. The first kappa shape index (κ1) is 18.0. The summed E-state index contributed by atoms with van der Waals surface area (Å²) in [6.45, 7) is 2.00. The second-order valence-corrected chi connectivity index (χ2v) is 8.43. The zero-order valence-electron chi connectivity index (χ0n) is 14.6. The van der Waals surface area contributed by atoms with E-state index in [9.17, 15) is 18.3 Å². The Morgan fingerprint density at radius 2 is 2.11 bits per heavy atom. The molecule has 1 aliphatic rings. The maximum absolute atomic E-state index is 13.4. The molecule has 8 heteroatoms. The van der Waals surface area contributed by atoms with Crippen molar-refractivity contribution < 1.29 is 23.0 Å². The molecule has 0 unspecified atom stereocenters. The summed E-state index contributed by atoms with van der Waals surface area (Å²) in [5, 5.41) is 0.896. The summed E-state index contributed by atoms with van der Waals surface area (Å²) >= 11 is 0. The van der Waals surface area contributed by atoms with Crippen LogP contribution in [0.15, 0.2) is 47.5 Å². The summed E-state index contributed by atoms with van der Waals surface area (Å²) in [5.41, 5.74) is 3.34. The van der Waals surface area contributed by atoms with E-state index in [1.165, 1.54) is 23.4 Å². The molecule has 0 amide bonds. The number of nitrogens with zero attached hydrogens (tertiary/aromatic N) is 1. The Labute approximate surface area is 157 Å². The predicted octanol–water partition coefficient (Wildman–Crippen LogP) is 4.38. The minimum atomic E-state index is -3.09. The number of hydrogen-bond donors (Lipinski definition) is 3. The molecule has 1 aliphatic heterocycles. The topological polar surface area (TPSA) is 85.8 Å². The third-order valence-electron chi connectivity index (χ3n) is 4.66. The Morgan fingerprint density at radius 1 is 1.30 bits per heavy atom. The first-order valence-corrected chi connectivity index (χ1v) is 9.93. The van der Waals surface area contributed by atoms with Crippen LogP contribution in [0.1, 0.15) is 12.5 Å². The average Bonchev–Trinajstić information content (AvgIpc) is 3.13. The molecule has 0 saturated heterocycles. The number of nitrogens with one attached hydrogen (secondary N) is 1. The van der Waals surface area contributed by atoms with E-state index < -0.39 is 16.7 Å². The number of rotatable bonds is 4. The molecule has 0 radical (unpaired) electrons. The number of fused-ring (bicyclic) bond motifs is 2. The summed E-state index contributed by atoms with van der Waals surface area (Å²) in [6.07, 6.45) is 1.82. The van der Waals surface area contributed by atoms with E-state index in [0.29, 0.717) is 17.0 Å². The fourth-order valence-corrected chi connectivity index (χ4v) is 5.04. The molecule has 0 atom stereocenters. The second-order valence-electron chi connectivity index (χ2n) is 6.44. The van der Waals surface area contributed by atoms with Crippen LogP contribution in [0.5, 0.6) is 0 Å². The van der Waals surface area contributed by atoms with Crippen molar-refractivity contribution in [2.24, 2.45) is 0 Å². The number of aromatic amines is 1. The van der Waals surface area contributed by atoms with Crippen LogP contribution in [0.4, 0.5) is 4.39 Å². The monoisotopic (exact) mass is 390 g/mol. The number of hydrogen-bond acceptors (Lipinski definition) is 5. The Hall–Kier alpha value is -2.39. The minimum Gasteiger partial charge on any atom is -0.464 e. The maximum Gasteiger partial charge on any atom is 0.302 e. The van der Waals surface area contributed by atoms with Crippen LogP contribution in [0, 0.1) is 5.82 Å². The lowest BCUT2D eigenvalue weighted by molar-refractivity contribution is -0.141. The highest BCUT2D eigenvalue weighted by molar-refractivity contribution is 8.22. The molecule has 3 N–H and O–H groups in total. The van der Waals surface area contributed by atoms with Gasteiger partial charge in [-0.1, -0.05) is 6.07 Å². The van der Waals surface area contributed by atoms with Gasteiger partial charge in [0, 0.05) is 36.1 Å². The van der Waals surface area contributed by atoms with Crippen molar-refractivity contribution in [1.82, 2.24) is 9.29 Å². The van der Waals surface area contributed by atoms with Crippen molar-refractivity contribution in [3.63, 3.8) is 0 Å². The number of benzene rings is 2. The molecular weight excluding hydrogens is 371 g/mol. The van der Waals surface area contributed by atoms with Gasteiger partial charge in [-0.15, -0.1) is 10.8 Å². The first-order valence-electron chi connectivity index (χ1n) is 8.43. The highest BCUT2D eigenvalue weighted by Crippen LogP contribution is 2.58. The van der Waals surface area contributed by atoms with Crippen molar-refractivity contribution >= 4 is 27.6 Å². The minimum absolute atomic E-state index is 0.0973. The lowest BCUT2D eigenvalue weighted by Gasteiger charge is -2.36. The molecule has 0 fully saturated rings. The fourth-order valence-electron chi connectivity index (χ4n) is 3.39. The molecule has 2 aromatic carbocycles. The SMILES string of the molecule is CC(=O)OCCN1Cc2cc(-c3c[nH]c4cc(F)ccc34)ccc2S1(O)O. The van der Waals surface area contributed by atoms with Gasteiger partial charge < -0.3 is 9.72 Å². The van der Waals surface area contributed by atoms with Gasteiger partial charge in [-0.25, -0.2) is 4.39 Å². The quantitative estimate of drug-likeness (QED) is 0.576. The molecule has 2 heterocycles. The van der Waals surface area contributed by atoms with Crippen molar-refractivity contribution in [3.05, 3.63) is 54.0 Å². The van der Waals surface area contributed by atoms with Crippen LogP contribution in [-0.4, -0.2) is 37.5 Å². The van der Waals surface area contributed by atoms with Crippen molar-refractivity contribution in [2.45, 2.75) is 18.4 Å². The highest BCUT2D eigenvalue weighted by Gasteiger charge is 2.35. The number of aromatic nitrogens is 1. The fraction of sp³-hybridized carbons (Fsp3) is 0.211. The molecule has 3 aromatic rings. The van der Waals surface area contributed by atoms with E-state index in [-0.39, 0.29) is 19.0 Å². The summed E-state index contributed by atoms with van der Waals surface area (Å²) < 4.78 is 41.0. The Kier molecular flexibility index (Phi) is 4.43. The van der Waals surface area contributed by atoms with Gasteiger partial charge in [-0.2, -0.15) is 4.31 Å². The Morgan fingerprint density at radius 3 is 2.89 bits per heavy atom.